The first-order valence-corrected chi connectivity index (χ1v) is 7.74. The third kappa shape index (κ3) is 3.59. The lowest BCUT2D eigenvalue weighted by Crippen LogP contribution is -2.13. The van der Waals surface area contributed by atoms with Crippen LogP contribution in [0.2, 0.25) is 5.02 Å². The summed E-state index contributed by atoms with van der Waals surface area (Å²) in [5.41, 5.74) is 0.471. The normalized spacial score (nSPS) is 11.2. The van der Waals surface area contributed by atoms with Crippen molar-refractivity contribution in [2.24, 2.45) is 0 Å². The third-order valence-corrected chi connectivity index (χ3v) is 4.45. The van der Waals surface area contributed by atoms with Crippen molar-refractivity contribution >= 4 is 33.1 Å². The van der Waals surface area contributed by atoms with Crippen molar-refractivity contribution < 1.29 is 17.6 Å². The molecule has 0 aromatic heterocycles. The number of rotatable bonds is 4. The highest BCUT2D eigenvalue weighted by Gasteiger charge is 2.15. The smallest absolute Gasteiger partial charge is 0.261 e. The first-order valence-electron chi connectivity index (χ1n) is 5.88. The van der Waals surface area contributed by atoms with Crippen molar-refractivity contribution in [1.29, 1.82) is 0 Å². The molecule has 0 aliphatic heterocycles. The lowest BCUT2D eigenvalue weighted by atomic mass is 10.2. The minimum absolute atomic E-state index is 0.0251. The zero-order chi connectivity index (χ0) is 15.6. The maximum atomic E-state index is 13.3. The Morgan fingerprint density at radius 1 is 1.14 bits per heavy atom. The highest BCUT2D eigenvalue weighted by atomic mass is 35.5. The highest BCUT2D eigenvalue weighted by molar-refractivity contribution is 7.92. The van der Waals surface area contributed by atoms with Crippen molar-refractivity contribution in [3.63, 3.8) is 0 Å². The minimum Gasteiger partial charge on any atom is -0.295 e. The van der Waals surface area contributed by atoms with Crippen LogP contribution in [0.25, 0.3) is 0 Å². The van der Waals surface area contributed by atoms with Crippen LogP contribution in [0.4, 0.5) is 10.1 Å². The Labute approximate surface area is 126 Å². The molecule has 0 atom stereocenters. The van der Waals surface area contributed by atoms with Gasteiger partial charge in [0.25, 0.3) is 10.0 Å². The Balaban J connectivity index is 2.29. The standard InChI is InChI=1S/C14H11ClFNO3S/c1-9(18)10-2-5-12(6-3-10)21(19,20)17-11-4-7-13(15)14(16)8-11/h2-8,17H,1H3. The van der Waals surface area contributed by atoms with Gasteiger partial charge in [-0.2, -0.15) is 0 Å². The quantitative estimate of drug-likeness (QED) is 0.874. The van der Waals surface area contributed by atoms with E-state index in [2.05, 4.69) is 4.72 Å². The van der Waals surface area contributed by atoms with Crippen molar-refractivity contribution in [2.45, 2.75) is 11.8 Å². The Kier molecular flexibility index (Phi) is 4.29. The fourth-order valence-corrected chi connectivity index (χ4v) is 2.81. The van der Waals surface area contributed by atoms with Crippen molar-refractivity contribution in [2.75, 3.05) is 4.72 Å². The van der Waals surface area contributed by atoms with Gasteiger partial charge in [-0.3, -0.25) is 9.52 Å². The maximum Gasteiger partial charge on any atom is 0.261 e. The minimum atomic E-state index is -3.86. The van der Waals surface area contributed by atoms with Gasteiger partial charge in [0.2, 0.25) is 0 Å². The molecule has 0 heterocycles. The number of hydrogen-bond donors (Lipinski definition) is 1. The Morgan fingerprint density at radius 2 is 1.76 bits per heavy atom. The molecule has 0 fully saturated rings. The molecule has 2 aromatic rings. The fourth-order valence-electron chi connectivity index (χ4n) is 1.64. The molecule has 0 saturated carbocycles. The van der Waals surface area contributed by atoms with Gasteiger partial charge >= 0.3 is 0 Å². The second-order valence-electron chi connectivity index (χ2n) is 4.31. The Morgan fingerprint density at radius 3 is 2.29 bits per heavy atom. The molecule has 2 rings (SSSR count). The molecule has 0 saturated heterocycles. The van der Waals surface area contributed by atoms with Gasteiger partial charge in [0.1, 0.15) is 5.82 Å². The van der Waals surface area contributed by atoms with E-state index in [1.165, 1.54) is 43.3 Å². The molecule has 7 heteroatoms. The molecule has 0 unspecified atom stereocenters. The van der Waals surface area contributed by atoms with E-state index in [0.717, 1.165) is 6.07 Å². The Bertz CT molecular complexity index is 788. The molecule has 1 N–H and O–H groups in total. The molecular weight excluding hydrogens is 317 g/mol. The SMILES string of the molecule is CC(=O)c1ccc(S(=O)(=O)Nc2ccc(Cl)c(F)c2)cc1. The number of carbonyl (C=O) groups is 1. The van der Waals surface area contributed by atoms with Crippen LogP contribution in [-0.2, 0) is 10.0 Å². The van der Waals surface area contributed by atoms with Gasteiger partial charge in [0.15, 0.2) is 5.78 Å². The number of carbonyl (C=O) groups excluding carboxylic acids is 1. The zero-order valence-electron chi connectivity index (χ0n) is 10.9. The summed E-state index contributed by atoms with van der Waals surface area (Å²) >= 11 is 5.53. The monoisotopic (exact) mass is 327 g/mol. The fraction of sp³-hybridized carbons (Fsp3) is 0.0714. The van der Waals surface area contributed by atoms with E-state index in [4.69, 9.17) is 11.6 Å². The average Bonchev–Trinajstić information content (AvgIpc) is 2.43. The Hall–Kier alpha value is -1.92. The van der Waals surface area contributed by atoms with E-state index in [1.807, 2.05) is 0 Å². The van der Waals surface area contributed by atoms with Crippen LogP contribution in [0, 0.1) is 5.82 Å². The number of ketones is 1. The number of Topliss-reactive ketones (excluding diaryl/α,β-unsaturated/α-hetero) is 1. The number of sulfonamides is 1. The molecule has 4 nitrogen and oxygen atoms in total. The highest BCUT2D eigenvalue weighted by Crippen LogP contribution is 2.21. The number of nitrogens with one attached hydrogen (secondary N) is 1. The second kappa shape index (κ2) is 5.83. The molecule has 2 aromatic carbocycles. The van der Waals surface area contributed by atoms with Gasteiger partial charge in [0, 0.05) is 5.56 Å². The lowest BCUT2D eigenvalue weighted by Gasteiger charge is -2.09. The van der Waals surface area contributed by atoms with Crippen LogP contribution in [0.1, 0.15) is 17.3 Å². The van der Waals surface area contributed by atoms with Crippen LogP contribution < -0.4 is 4.72 Å². The number of anilines is 1. The van der Waals surface area contributed by atoms with E-state index in [9.17, 15) is 17.6 Å². The van der Waals surface area contributed by atoms with Crippen LogP contribution in [0.3, 0.4) is 0 Å². The van der Waals surface area contributed by atoms with Crippen LogP contribution in [0.15, 0.2) is 47.4 Å². The number of benzene rings is 2. The second-order valence-corrected chi connectivity index (χ2v) is 6.40. The molecule has 110 valence electrons. The first kappa shape index (κ1) is 15.5. The van der Waals surface area contributed by atoms with E-state index in [0.29, 0.717) is 5.56 Å². The summed E-state index contributed by atoms with van der Waals surface area (Å²) in [6, 6.07) is 9.06. The van der Waals surface area contributed by atoms with Gasteiger partial charge < -0.3 is 0 Å². The topological polar surface area (TPSA) is 63.2 Å². The summed E-state index contributed by atoms with van der Waals surface area (Å²) in [5.74, 6) is -0.879. The van der Waals surface area contributed by atoms with E-state index >= 15 is 0 Å². The van der Waals surface area contributed by atoms with E-state index in [1.54, 1.807) is 0 Å². The summed E-state index contributed by atoms with van der Waals surface area (Å²) in [6.45, 7) is 1.39. The van der Waals surface area contributed by atoms with E-state index in [-0.39, 0.29) is 21.4 Å². The molecular formula is C14H11ClFNO3S. The third-order valence-electron chi connectivity index (χ3n) is 2.74. The van der Waals surface area contributed by atoms with Crippen LogP contribution in [-0.4, -0.2) is 14.2 Å². The van der Waals surface area contributed by atoms with Crippen molar-refractivity contribution in [3.8, 4) is 0 Å². The molecule has 0 aliphatic carbocycles. The average molecular weight is 328 g/mol. The number of hydrogen-bond acceptors (Lipinski definition) is 3. The maximum absolute atomic E-state index is 13.3. The summed E-state index contributed by atoms with van der Waals surface area (Å²) in [5, 5.41) is -0.0937. The predicted molar refractivity (Wildman–Crippen MR) is 78.7 cm³/mol. The zero-order valence-corrected chi connectivity index (χ0v) is 12.5. The molecule has 0 amide bonds. The summed E-state index contributed by atoms with van der Waals surface area (Å²) < 4.78 is 39.8. The summed E-state index contributed by atoms with van der Waals surface area (Å²) in [6.07, 6.45) is 0. The van der Waals surface area contributed by atoms with Crippen LogP contribution >= 0.6 is 11.6 Å². The van der Waals surface area contributed by atoms with Gasteiger partial charge in [-0.1, -0.05) is 23.7 Å². The molecule has 0 aliphatic rings. The number of halogens is 2. The summed E-state index contributed by atoms with van der Waals surface area (Å²) in [4.78, 5) is 11.1. The van der Waals surface area contributed by atoms with Gasteiger partial charge in [-0.25, -0.2) is 12.8 Å². The van der Waals surface area contributed by atoms with Gasteiger partial charge in [-0.05, 0) is 37.3 Å². The molecule has 0 bridgehead atoms. The van der Waals surface area contributed by atoms with Gasteiger partial charge in [0.05, 0.1) is 15.6 Å². The van der Waals surface area contributed by atoms with Crippen molar-refractivity contribution in [1.82, 2.24) is 0 Å². The predicted octanol–water partition coefficient (Wildman–Crippen LogP) is 3.48. The van der Waals surface area contributed by atoms with E-state index < -0.39 is 15.8 Å². The van der Waals surface area contributed by atoms with Crippen molar-refractivity contribution in [3.05, 3.63) is 58.9 Å². The first-order chi connectivity index (χ1) is 9.79. The molecule has 0 radical (unpaired) electrons. The largest absolute Gasteiger partial charge is 0.295 e. The summed E-state index contributed by atoms with van der Waals surface area (Å²) in [7, 11) is -3.86. The lowest BCUT2D eigenvalue weighted by molar-refractivity contribution is 0.101. The van der Waals surface area contributed by atoms with Gasteiger partial charge in [-0.15, -0.1) is 0 Å². The van der Waals surface area contributed by atoms with Crippen LogP contribution in [0.5, 0.6) is 0 Å². The molecule has 0 spiro atoms. The molecule has 21 heavy (non-hydrogen) atoms.